The smallest absolute Gasteiger partial charge is 0.222 e. The minimum atomic E-state index is 0.216. The van der Waals surface area contributed by atoms with E-state index in [9.17, 15) is 4.79 Å². The van der Waals surface area contributed by atoms with Crippen molar-refractivity contribution in [2.24, 2.45) is 7.05 Å². The van der Waals surface area contributed by atoms with Gasteiger partial charge in [-0.1, -0.05) is 37.3 Å². The summed E-state index contributed by atoms with van der Waals surface area (Å²) in [4.78, 5) is 22.9. The van der Waals surface area contributed by atoms with Crippen LogP contribution in [0.1, 0.15) is 32.2 Å². The van der Waals surface area contributed by atoms with E-state index in [1.54, 1.807) is 0 Å². The molecule has 9 heteroatoms. The SMILES string of the molecule is CCC(=O)N1CCC(n2cc(-c3c(-c4ccc(Oc5ccccc5)cc4)c4c(N)ncnc4n3C)cn2)CC1. The van der Waals surface area contributed by atoms with Crippen molar-refractivity contribution in [2.75, 3.05) is 18.8 Å². The molecule has 5 aromatic rings. The van der Waals surface area contributed by atoms with Crippen LogP contribution in [0.4, 0.5) is 5.82 Å². The maximum absolute atomic E-state index is 12.1. The maximum atomic E-state index is 12.1. The number of hydrogen-bond acceptors (Lipinski definition) is 6. The Balaban J connectivity index is 1.36. The van der Waals surface area contributed by atoms with Crippen molar-refractivity contribution in [3.05, 3.63) is 73.3 Å². The zero-order chi connectivity index (χ0) is 26.9. The molecule has 0 atom stereocenters. The highest BCUT2D eigenvalue weighted by atomic mass is 16.5. The molecule has 0 aliphatic carbocycles. The van der Waals surface area contributed by atoms with Crippen LogP contribution < -0.4 is 10.5 Å². The van der Waals surface area contributed by atoms with E-state index in [0.29, 0.717) is 12.2 Å². The van der Waals surface area contributed by atoms with Crippen LogP contribution in [0.5, 0.6) is 11.5 Å². The molecule has 1 amide bonds. The number of benzene rings is 2. The van der Waals surface area contributed by atoms with E-state index < -0.39 is 0 Å². The van der Waals surface area contributed by atoms with E-state index in [1.165, 1.54) is 6.33 Å². The average molecular weight is 522 g/mol. The number of aromatic nitrogens is 5. The second kappa shape index (κ2) is 10.2. The number of ether oxygens (including phenoxy) is 1. The van der Waals surface area contributed by atoms with Crippen molar-refractivity contribution in [1.29, 1.82) is 0 Å². The van der Waals surface area contributed by atoms with Crippen LogP contribution in [0, 0.1) is 0 Å². The Hall–Kier alpha value is -4.66. The predicted octanol–water partition coefficient (Wildman–Crippen LogP) is 5.45. The van der Waals surface area contributed by atoms with Gasteiger partial charge in [0.25, 0.3) is 0 Å². The Morgan fingerprint density at radius 2 is 1.72 bits per heavy atom. The number of carbonyl (C=O) groups excluding carboxylic acids is 1. The Bertz CT molecular complexity index is 1610. The van der Waals surface area contributed by atoms with Gasteiger partial charge in [0, 0.05) is 43.9 Å². The first-order chi connectivity index (χ1) is 19.0. The van der Waals surface area contributed by atoms with Gasteiger partial charge in [-0.15, -0.1) is 0 Å². The summed E-state index contributed by atoms with van der Waals surface area (Å²) >= 11 is 0. The minimum Gasteiger partial charge on any atom is -0.457 e. The molecular formula is C30H31N7O2. The monoisotopic (exact) mass is 521 g/mol. The molecule has 0 radical (unpaired) electrons. The lowest BCUT2D eigenvalue weighted by Crippen LogP contribution is -2.38. The zero-order valence-electron chi connectivity index (χ0n) is 22.1. The molecule has 0 unspecified atom stereocenters. The quantitative estimate of drug-likeness (QED) is 0.319. The van der Waals surface area contributed by atoms with Crippen LogP contribution in [-0.4, -0.2) is 48.2 Å². The van der Waals surface area contributed by atoms with Gasteiger partial charge < -0.3 is 19.9 Å². The van der Waals surface area contributed by atoms with Gasteiger partial charge in [0.1, 0.15) is 29.3 Å². The molecule has 0 bridgehead atoms. The lowest BCUT2D eigenvalue weighted by Gasteiger charge is -2.32. The molecule has 4 heterocycles. The topological polar surface area (TPSA) is 104 Å². The van der Waals surface area contributed by atoms with Crippen LogP contribution in [0.2, 0.25) is 0 Å². The van der Waals surface area contributed by atoms with Gasteiger partial charge in [-0.05, 0) is 42.7 Å². The van der Waals surface area contributed by atoms with Crippen molar-refractivity contribution in [3.63, 3.8) is 0 Å². The molecule has 3 aromatic heterocycles. The van der Waals surface area contributed by atoms with Crippen LogP contribution in [0.25, 0.3) is 33.4 Å². The molecular weight excluding hydrogens is 490 g/mol. The number of nitrogens with two attached hydrogens (primary N) is 1. The maximum Gasteiger partial charge on any atom is 0.222 e. The van der Waals surface area contributed by atoms with E-state index >= 15 is 0 Å². The standard InChI is InChI=1S/C30H31N7O2/c1-3-25(38)36-15-13-22(14-16-36)37-18-21(17-34-37)28-26(27-29(31)32-19-33-30(27)35(28)2)20-9-11-24(12-10-20)39-23-7-5-4-6-8-23/h4-12,17-19,22H,3,13-16H2,1-2H3,(H2,31,32,33). The summed E-state index contributed by atoms with van der Waals surface area (Å²) in [6.07, 6.45) is 7.81. The summed E-state index contributed by atoms with van der Waals surface area (Å²) in [5, 5.41) is 5.56. The third-order valence-corrected chi connectivity index (χ3v) is 7.49. The molecule has 0 spiro atoms. The first-order valence-corrected chi connectivity index (χ1v) is 13.3. The fraction of sp³-hybridized carbons (Fsp3) is 0.267. The minimum absolute atomic E-state index is 0.216. The number of nitrogens with zero attached hydrogens (tertiary/aromatic N) is 6. The predicted molar refractivity (Wildman–Crippen MR) is 151 cm³/mol. The Morgan fingerprint density at radius 3 is 2.44 bits per heavy atom. The number of fused-ring (bicyclic) bond motifs is 1. The fourth-order valence-electron chi connectivity index (χ4n) is 5.47. The summed E-state index contributed by atoms with van der Waals surface area (Å²) in [5.41, 5.74) is 11.1. The number of amides is 1. The molecule has 1 fully saturated rings. The highest BCUT2D eigenvalue weighted by molar-refractivity contribution is 6.07. The van der Waals surface area contributed by atoms with Crippen molar-refractivity contribution < 1.29 is 9.53 Å². The highest BCUT2D eigenvalue weighted by Gasteiger charge is 2.26. The summed E-state index contributed by atoms with van der Waals surface area (Å²) in [7, 11) is 1.99. The Labute approximate surface area is 226 Å². The second-order valence-electron chi connectivity index (χ2n) is 9.85. The van der Waals surface area contributed by atoms with Gasteiger partial charge in [-0.25, -0.2) is 9.97 Å². The molecule has 39 heavy (non-hydrogen) atoms. The van der Waals surface area contributed by atoms with Gasteiger partial charge in [-0.2, -0.15) is 5.10 Å². The Kier molecular flexibility index (Phi) is 6.48. The number of piperidine rings is 1. The van der Waals surface area contributed by atoms with Gasteiger partial charge in [0.05, 0.1) is 23.3 Å². The second-order valence-corrected chi connectivity index (χ2v) is 9.85. The number of rotatable bonds is 6. The number of para-hydroxylation sites is 1. The Morgan fingerprint density at radius 1 is 1.00 bits per heavy atom. The largest absolute Gasteiger partial charge is 0.457 e. The van der Waals surface area contributed by atoms with Crippen LogP contribution in [0.3, 0.4) is 0 Å². The van der Waals surface area contributed by atoms with E-state index in [2.05, 4.69) is 20.7 Å². The van der Waals surface area contributed by atoms with Crippen molar-refractivity contribution >= 4 is 22.8 Å². The first-order valence-electron chi connectivity index (χ1n) is 13.3. The fourth-order valence-corrected chi connectivity index (χ4v) is 5.47. The average Bonchev–Trinajstić information content (AvgIpc) is 3.57. The normalized spacial score (nSPS) is 14.2. The summed E-state index contributed by atoms with van der Waals surface area (Å²) in [6.45, 7) is 3.43. The summed E-state index contributed by atoms with van der Waals surface area (Å²) in [5.74, 6) is 2.18. The molecule has 1 saturated heterocycles. The van der Waals surface area contributed by atoms with E-state index in [-0.39, 0.29) is 11.9 Å². The summed E-state index contributed by atoms with van der Waals surface area (Å²) in [6, 6.07) is 17.9. The van der Waals surface area contributed by atoms with Gasteiger partial charge in [0.2, 0.25) is 5.91 Å². The number of anilines is 1. The molecule has 2 aromatic carbocycles. The van der Waals surface area contributed by atoms with E-state index in [1.807, 2.05) is 84.3 Å². The molecule has 1 aliphatic rings. The van der Waals surface area contributed by atoms with Gasteiger partial charge >= 0.3 is 0 Å². The molecule has 198 valence electrons. The van der Waals surface area contributed by atoms with Crippen molar-refractivity contribution in [1.82, 2.24) is 29.2 Å². The highest BCUT2D eigenvalue weighted by Crippen LogP contribution is 2.42. The third kappa shape index (κ3) is 4.60. The molecule has 6 rings (SSSR count). The number of carbonyl (C=O) groups is 1. The lowest BCUT2D eigenvalue weighted by molar-refractivity contribution is -0.132. The molecule has 9 nitrogen and oxygen atoms in total. The van der Waals surface area contributed by atoms with Gasteiger partial charge in [-0.3, -0.25) is 9.48 Å². The molecule has 2 N–H and O–H groups in total. The zero-order valence-corrected chi connectivity index (χ0v) is 22.1. The van der Waals surface area contributed by atoms with E-state index in [0.717, 1.165) is 70.8 Å². The molecule has 0 saturated carbocycles. The lowest BCUT2D eigenvalue weighted by atomic mass is 10.00. The van der Waals surface area contributed by atoms with Crippen molar-refractivity contribution in [2.45, 2.75) is 32.2 Å². The van der Waals surface area contributed by atoms with Crippen LogP contribution >= 0.6 is 0 Å². The van der Waals surface area contributed by atoms with E-state index in [4.69, 9.17) is 15.6 Å². The number of hydrogen-bond donors (Lipinski definition) is 1. The van der Waals surface area contributed by atoms with Crippen molar-refractivity contribution in [3.8, 4) is 33.9 Å². The van der Waals surface area contributed by atoms with Crippen LogP contribution in [0.15, 0.2) is 73.3 Å². The van der Waals surface area contributed by atoms with Gasteiger partial charge in [0.15, 0.2) is 0 Å². The molecule has 1 aliphatic heterocycles. The summed E-state index contributed by atoms with van der Waals surface area (Å²) < 4.78 is 10.1. The number of likely N-dealkylation sites (tertiary alicyclic amines) is 1. The number of aryl methyl sites for hydroxylation is 1. The third-order valence-electron chi connectivity index (χ3n) is 7.49. The van der Waals surface area contributed by atoms with Crippen LogP contribution in [-0.2, 0) is 11.8 Å². The first kappa shape index (κ1) is 24.7. The number of nitrogen functional groups attached to an aromatic ring is 1.